The van der Waals surface area contributed by atoms with Crippen LogP contribution in [0.4, 0.5) is 0 Å². The number of nitrogens with zero attached hydrogens (tertiary/aromatic N) is 5. The number of pyridine rings is 1. The molecule has 0 aliphatic heterocycles. The van der Waals surface area contributed by atoms with E-state index in [1.54, 1.807) is 42.6 Å². The zero-order valence-corrected chi connectivity index (χ0v) is 12.5. The van der Waals surface area contributed by atoms with Crippen molar-refractivity contribution in [1.29, 1.82) is 0 Å². The summed E-state index contributed by atoms with van der Waals surface area (Å²) in [5.41, 5.74) is 1.09. The average Bonchev–Trinajstić information content (AvgIpc) is 3.15. The summed E-state index contributed by atoms with van der Waals surface area (Å²) in [5.74, 6) is 0.744. The van der Waals surface area contributed by atoms with Crippen LogP contribution in [0.25, 0.3) is 17.0 Å². The lowest BCUT2D eigenvalue weighted by Crippen LogP contribution is -2.21. The van der Waals surface area contributed by atoms with E-state index in [1.807, 2.05) is 6.07 Å². The summed E-state index contributed by atoms with van der Waals surface area (Å²) in [4.78, 5) is 16.5. The summed E-state index contributed by atoms with van der Waals surface area (Å²) in [6, 6.07) is 12.4. The molecule has 0 saturated heterocycles. The fraction of sp³-hybridized carbons (Fsp3) is 0.0667. The first-order valence-corrected chi connectivity index (χ1v) is 7.21. The van der Waals surface area contributed by atoms with Gasteiger partial charge < -0.3 is 4.52 Å². The molecular weight excluding hydrogens is 318 g/mol. The van der Waals surface area contributed by atoms with Crippen LogP contribution in [0, 0.1) is 0 Å². The van der Waals surface area contributed by atoms with Gasteiger partial charge in [-0.15, -0.1) is 5.10 Å². The van der Waals surface area contributed by atoms with Crippen molar-refractivity contribution in [3.63, 3.8) is 0 Å². The Kier molecular flexibility index (Phi) is 3.20. The van der Waals surface area contributed by atoms with Crippen molar-refractivity contribution in [3.8, 4) is 11.4 Å². The second-order valence-corrected chi connectivity index (χ2v) is 5.32. The molecule has 0 atom stereocenters. The van der Waals surface area contributed by atoms with Crippen molar-refractivity contribution in [2.45, 2.75) is 6.54 Å². The summed E-state index contributed by atoms with van der Waals surface area (Å²) in [5, 5.41) is 8.77. The Morgan fingerprint density at radius 2 is 1.96 bits per heavy atom. The highest BCUT2D eigenvalue weighted by molar-refractivity contribution is 6.30. The molecule has 7 nitrogen and oxygen atoms in total. The van der Waals surface area contributed by atoms with Crippen LogP contribution in [0.2, 0.25) is 5.02 Å². The van der Waals surface area contributed by atoms with Gasteiger partial charge >= 0.3 is 5.69 Å². The summed E-state index contributed by atoms with van der Waals surface area (Å²) in [6.07, 6.45) is 1.66. The van der Waals surface area contributed by atoms with Crippen LogP contribution in [0.1, 0.15) is 5.89 Å². The summed E-state index contributed by atoms with van der Waals surface area (Å²) in [7, 11) is 0. The minimum atomic E-state index is -0.258. The van der Waals surface area contributed by atoms with Crippen LogP contribution in [0.3, 0.4) is 0 Å². The second kappa shape index (κ2) is 5.36. The highest BCUT2D eigenvalue weighted by atomic mass is 35.5. The molecule has 23 heavy (non-hydrogen) atoms. The third kappa shape index (κ3) is 2.51. The van der Waals surface area contributed by atoms with Gasteiger partial charge in [0.2, 0.25) is 11.7 Å². The Hall–Kier alpha value is -2.93. The number of rotatable bonds is 3. The first kappa shape index (κ1) is 13.7. The number of hydrogen-bond acceptors (Lipinski definition) is 5. The first-order valence-electron chi connectivity index (χ1n) is 6.83. The molecule has 0 aliphatic rings. The topological polar surface area (TPSA) is 78.2 Å². The van der Waals surface area contributed by atoms with Crippen molar-refractivity contribution in [3.05, 3.63) is 70.1 Å². The SMILES string of the molecule is O=c1n(Cc2nc(-c3ccc(Cl)cc3)no2)nc2ccccn12. The normalized spacial score (nSPS) is 11.2. The van der Waals surface area contributed by atoms with Crippen molar-refractivity contribution in [2.75, 3.05) is 0 Å². The van der Waals surface area contributed by atoms with Crippen LogP contribution in [0.15, 0.2) is 58.0 Å². The molecule has 0 N–H and O–H groups in total. The smallest absolute Gasteiger partial charge is 0.337 e. The molecule has 0 amide bonds. The molecule has 0 aliphatic carbocycles. The molecule has 0 saturated carbocycles. The van der Waals surface area contributed by atoms with Gasteiger partial charge in [-0.05, 0) is 36.4 Å². The lowest BCUT2D eigenvalue weighted by molar-refractivity contribution is 0.364. The van der Waals surface area contributed by atoms with E-state index in [0.29, 0.717) is 22.4 Å². The lowest BCUT2D eigenvalue weighted by atomic mass is 10.2. The number of hydrogen-bond donors (Lipinski definition) is 0. The fourth-order valence-corrected chi connectivity index (χ4v) is 2.36. The maximum absolute atomic E-state index is 12.2. The van der Waals surface area contributed by atoms with Gasteiger partial charge in [-0.25, -0.2) is 9.48 Å². The molecule has 0 bridgehead atoms. The second-order valence-electron chi connectivity index (χ2n) is 4.89. The maximum Gasteiger partial charge on any atom is 0.350 e. The fourth-order valence-electron chi connectivity index (χ4n) is 2.23. The Morgan fingerprint density at radius 1 is 1.13 bits per heavy atom. The predicted octanol–water partition coefficient (Wildman–Crippen LogP) is 2.25. The number of benzene rings is 1. The third-order valence-electron chi connectivity index (χ3n) is 3.34. The summed E-state index contributed by atoms with van der Waals surface area (Å²) < 4.78 is 7.94. The van der Waals surface area contributed by atoms with Gasteiger partial charge in [-0.3, -0.25) is 4.40 Å². The molecule has 0 unspecified atom stereocenters. The molecule has 114 valence electrons. The van der Waals surface area contributed by atoms with E-state index in [0.717, 1.165) is 5.56 Å². The summed E-state index contributed by atoms with van der Waals surface area (Å²) >= 11 is 5.85. The Balaban J connectivity index is 1.65. The minimum absolute atomic E-state index is 0.112. The highest BCUT2D eigenvalue weighted by Gasteiger charge is 2.12. The van der Waals surface area contributed by atoms with Crippen LogP contribution >= 0.6 is 11.6 Å². The molecular formula is C15H10ClN5O2. The van der Waals surface area contributed by atoms with Gasteiger partial charge in [0, 0.05) is 16.8 Å². The molecule has 3 aromatic heterocycles. The van der Waals surface area contributed by atoms with Crippen LogP contribution < -0.4 is 5.69 Å². The molecule has 0 fully saturated rings. The average molecular weight is 328 g/mol. The molecule has 4 aromatic rings. The molecule has 0 radical (unpaired) electrons. The van der Waals surface area contributed by atoms with E-state index >= 15 is 0 Å². The van der Waals surface area contributed by atoms with E-state index in [-0.39, 0.29) is 12.2 Å². The quantitative estimate of drug-likeness (QED) is 0.576. The van der Waals surface area contributed by atoms with E-state index in [4.69, 9.17) is 16.1 Å². The first-order chi connectivity index (χ1) is 11.2. The van der Waals surface area contributed by atoms with Gasteiger partial charge in [0.25, 0.3) is 0 Å². The van der Waals surface area contributed by atoms with Crippen molar-refractivity contribution >= 4 is 17.2 Å². The van der Waals surface area contributed by atoms with Gasteiger partial charge in [-0.1, -0.05) is 22.8 Å². The molecule has 1 aromatic carbocycles. The van der Waals surface area contributed by atoms with Gasteiger partial charge in [0.1, 0.15) is 6.54 Å². The Labute approximate surface area is 134 Å². The standard InChI is InChI=1S/C15H10ClN5O2/c16-11-6-4-10(5-7-11)14-17-13(23-19-14)9-21-15(22)20-8-2-1-3-12(20)18-21/h1-8H,9H2. The van der Waals surface area contributed by atoms with Crippen molar-refractivity contribution in [2.24, 2.45) is 0 Å². The number of halogens is 1. The Bertz CT molecular complexity index is 1030. The largest absolute Gasteiger partial charge is 0.350 e. The van der Waals surface area contributed by atoms with E-state index in [1.165, 1.54) is 9.08 Å². The van der Waals surface area contributed by atoms with E-state index < -0.39 is 0 Å². The van der Waals surface area contributed by atoms with Gasteiger partial charge in [-0.2, -0.15) is 4.98 Å². The third-order valence-corrected chi connectivity index (χ3v) is 3.60. The zero-order chi connectivity index (χ0) is 15.8. The van der Waals surface area contributed by atoms with Crippen molar-refractivity contribution in [1.82, 2.24) is 24.3 Å². The van der Waals surface area contributed by atoms with Gasteiger partial charge in [0.15, 0.2) is 5.65 Å². The Morgan fingerprint density at radius 3 is 2.74 bits per heavy atom. The number of aromatic nitrogens is 5. The molecule has 0 spiro atoms. The highest BCUT2D eigenvalue weighted by Crippen LogP contribution is 2.18. The van der Waals surface area contributed by atoms with Crippen LogP contribution in [-0.4, -0.2) is 24.3 Å². The zero-order valence-electron chi connectivity index (χ0n) is 11.8. The van der Waals surface area contributed by atoms with Gasteiger partial charge in [0.05, 0.1) is 0 Å². The number of fused-ring (bicyclic) bond motifs is 1. The van der Waals surface area contributed by atoms with E-state index in [2.05, 4.69) is 15.2 Å². The van der Waals surface area contributed by atoms with Crippen LogP contribution in [-0.2, 0) is 6.54 Å². The van der Waals surface area contributed by atoms with Crippen molar-refractivity contribution < 1.29 is 4.52 Å². The molecule has 3 heterocycles. The molecule has 8 heteroatoms. The van der Waals surface area contributed by atoms with E-state index in [9.17, 15) is 4.79 Å². The monoisotopic (exact) mass is 327 g/mol. The predicted molar refractivity (Wildman–Crippen MR) is 83.3 cm³/mol. The molecule has 4 rings (SSSR count). The van der Waals surface area contributed by atoms with Crippen LogP contribution in [0.5, 0.6) is 0 Å². The summed E-state index contributed by atoms with van der Waals surface area (Å²) in [6.45, 7) is 0.112. The minimum Gasteiger partial charge on any atom is -0.337 e. The maximum atomic E-state index is 12.2. The lowest BCUT2D eigenvalue weighted by Gasteiger charge is -1.93.